The lowest BCUT2D eigenvalue weighted by Gasteiger charge is -2.24. The molecule has 0 bridgehead atoms. The second-order valence-corrected chi connectivity index (χ2v) is 3.98. The highest BCUT2D eigenvalue weighted by Crippen LogP contribution is 2.10. The van der Waals surface area contributed by atoms with Crippen LogP contribution < -0.4 is 11.5 Å². The fourth-order valence-corrected chi connectivity index (χ4v) is 1.75. The molecule has 16 heavy (non-hydrogen) atoms. The quantitative estimate of drug-likeness (QED) is 0.727. The van der Waals surface area contributed by atoms with Crippen molar-refractivity contribution in [3.05, 3.63) is 29.8 Å². The molecule has 0 aliphatic heterocycles. The smallest absolute Gasteiger partial charge is 0.234 e. The highest BCUT2D eigenvalue weighted by atomic mass is 16.1. The highest BCUT2D eigenvalue weighted by molar-refractivity contribution is 5.79. The molecule has 0 radical (unpaired) electrons. The summed E-state index contributed by atoms with van der Waals surface area (Å²) in [7, 11) is 1.90. The Bertz CT molecular complexity index is 348. The van der Waals surface area contributed by atoms with E-state index in [2.05, 4.69) is 0 Å². The largest absolute Gasteiger partial charge is 0.399 e. The third kappa shape index (κ3) is 3.24. The monoisotopic (exact) mass is 221 g/mol. The number of likely N-dealkylation sites (N-methyl/N-ethyl adjacent to an activating group) is 1. The van der Waals surface area contributed by atoms with Gasteiger partial charge in [-0.15, -0.1) is 0 Å². The summed E-state index contributed by atoms with van der Waals surface area (Å²) in [6.07, 6.45) is 0.723. The molecule has 1 rings (SSSR count). The SMILES string of the molecule is CCC(C(N)=O)N(C)Cc1ccc(N)cc1. The maximum Gasteiger partial charge on any atom is 0.234 e. The zero-order chi connectivity index (χ0) is 12.1. The Morgan fingerprint density at radius 3 is 2.38 bits per heavy atom. The first-order valence-corrected chi connectivity index (χ1v) is 5.38. The van der Waals surface area contributed by atoms with Crippen LogP contribution in [0.3, 0.4) is 0 Å². The zero-order valence-electron chi connectivity index (χ0n) is 9.81. The number of rotatable bonds is 5. The number of nitrogens with zero attached hydrogens (tertiary/aromatic N) is 1. The van der Waals surface area contributed by atoms with Crippen LogP contribution in [-0.4, -0.2) is 23.9 Å². The topological polar surface area (TPSA) is 72.4 Å². The van der Waals surface area contributed by atoms with Crippen molar-refractivity contribution in [2.75, 3.05) is 12.8 Å². The summed E-state index contributed by atoms with van der Waals surface area (Å²) in [4.78, 5) is 13.1. The summed E-state index contributed by atoms with van der Waals surface area (Å²) in [5.41, 5.74) is 12.8. The van der Waals surface area contributed by atoms with E-state index in [9.17, 15) is 4.79 Å². The van der Waals surface area contributed by atoms with Gasteiger partial charge in [0.2, 0.25) is 5.91 Å². The van der Waals surface area contributed by atoms with Crippen molar-refractivity contribution in [2.24, 2.45) is 5.73 Å². The average molecular weight is 221 g/mol. The molecule has 0 saturated carbocycles. The molecule has 1 aromatic carbocycles. The number of nitrogen functional groups attached to an aromatic ring is 1. The number of nitrogens with two attached hydrogens (primary N) is 2. The van der Waals surface area contributed by atoms with E-state index in [1.807, 2.05) is 43.1 Å². The second-order valence-electron chi connectivity index (χ2n) is 3.98. The van der Waals surface area contributed by atoms with E-state index in [0.29, 0.717) is 6.54 Å². The molecule has 0 saturated heterocycles. The van der Waals surface area contributed by atoms with Crippen molar-refractivity contribution < 1.29 is 4.79 Å². The van der Waals surface area contributed by atoms with Gasteiger partial charge in [0, 0.05) is 12.2 Å². The van der Waals surface area contributed by atoms with Gasteiger partial charge in [0.05, 0.1) is 6.04 Å². The fourth-order valence-electron chi connectivity index (χ4n) is 1.75. The van der Waals surface area contributed by atoms with Crippen molar-refractivity contribution in [3.8, 4) is 0 Å². The minimum atomic E-state index is -0.277. The maximum absolute atomic E-state index is 11.2. The van der Waals surface area contributed by atoms with Crippen LogP contribution in [-0.2, 0) is 11.3 Å². The van der Waals surface area contributed by atoms with Crippen molar-refractivity contribution in [2.45, 2.75) is 25.9 Å². The van der Waals surface area contributed by atoms with Crippen molar-refractivity contribution >= 4 is 11.6 Å². The molecule has 1 atom stereocenters. The molecule has 1 unspecified atom stereocenters. The molecule has 88 valence electrons. The highest BCUT2D eigenvalue weighted by Gasteiger charge is 2.18. The van der Waals surface area contributed by atoms with Crippen LogP contribution in [0.4, 0.5) is 5.69 Å². The van der Waals surface area contributed by atoms with E-state index < -0.39 is 0 Å². The average Bonchev–Trinajstić information content (AvgIpc) is 2.22. The van der Waals surface area contributed by atoms with E-state index in [-0.39, 0.29) is 11.9 Å². The van der Waals surface area contributed by atoms with Crippen LogP contribution in [0.5, 0.6) is 0 Å². The molecule has 0 aliphatic carbocycles. The molecule has 1 aromatic rings. The zero-order valence-corrected chi connectivity index (χ0v) is 9.81. The van der Waals surface area contributed by atoms with Gasteiger partial charge in [-0.1, -0.05) is 19.1 Å². The maximum atomic E-state index is 11.2. The molecule has 4 N–H and O–H groups in total. The van der Waals surface area contributed by atoms with E-state index >= 15 is 0 Å². The molecule has 1 amide bonds. The minimum absolute atomic E-state index is 0.211. The van der Waals surface area contributed by atoms with Crippen molar-refractivity contribution in [1.29, 1.82) is 0 Å². The molecule has 0 spiro atoms. The summed E-state index contributed by atoms with van der Waals surface area (Å²) in [5.74, 6) is -0.277. The van der Waals surface area contributed by atoms with Crippen molar-refractivity contribution in [1.82, 2.24) is 4.90 Å². The van der Waals surface area contributed by atoms with Gasteiger partial charge < -0.3 is 11.5 Å². The van der Waals surface area contributed by atoms with Crippen LogP contribution in [0, 0.1) is 0 Å². The van der Waals surface area contributed by atoms with Gasteiger partial charge in [-0.05, 0) is 31.2 Å². The standard InChI is InChI=1S/C12H19N3O/c1-3-11(12(14)16)15(2)8-9-4-6-10(13)7-5-9/h4-7,11H,3,8,13H2,1-2H3,(H2,14,16). The van der Waals surface area contributed by atoms with Crippen LogP contribution in [0.2, 0.25) is 0 Å². The van der Waals surface area contributed by atoms with Gasteiger partial charge in [-0.2, -0.15) is 0 Å². The van der Waals surface area contributed by atoms with Crippen LogP contribution >= 0.6 is 0 Å². The van der Waals surface area contributed by atoms with E-state index in [4.69, 9.17) is 11.5 Å². The summed E-state index contributed by atoms with van der Waals surface area (Å²) >= 11 is 0. The molecule has 0 aliphatic rings. The summed E-state index contributed by atoms with van der Waals surface area (Å²) < 4.78 is 0. The van der Waals surface area contributed by atoms with Gasteiger partial charge in [-0.25, -0.2) is 0 Å². The van der Waals surface area contributed by atoms with Crippen LogP contribution in [0.1, 0.15) is 18.9 Å². The fraction of sp³-hybridized carbons (Fsp3) is 0.417. The normalized spacial score (nSPS) is 12.7. The van der Waals surface area contributed by atoms with E-state index in [1.54, 1.807) is 0 Å². The number of hydrogen-bond donors (Lipinski definition) is 2. The number of amides is 1. The Kier molecular flexibility index (Phi) is 4.31. The Labute approximate surface area is 96.2 Å². The number of carbonyl (C=O) groups excluding carboxylic acids is 1. The molecular formula is C12H19N3O. The first-order chi connectivity index (χ1) is 7.54. The van der Waals surface area contributed by atoms with Gasteiger partial charge in [-0.3, -0.25) is 9.69 Å². The van der Waals surface area contributed by atoms with Crippen LogP contribution in [0.25, 0.3) is 0 Å². The number of hydrogen-bond acceptors (Lipinski definition) is 3. The predicted octanol–water partition coefficient (Wildman–Crippen LogP) is 0.964. The first-order valence-electron chi connectivity index (χ1n) is 5.38. The number of benzene rings is 1. The number of primary amides is 1. The minimum Gasteiger partial charge on any atom is -0.399 e. The molecule has 0 aromatic heterocycles. The Balaban J connectivity index is 2.66. The Morgan fingerprint density at radius 2 is 1.94 bits per heavy atom. The number of anilines is 1. The Hall–Kier alpha value is -1.55. The lowest BCUT2D eigenvalue weighted by atomic mass is 10.1. The molecule has 4 nitrogen and oxygen atoms in total. The van der Waals surface area contributed by atoms with Gasteiger partial charge >= 0.3 is 0 Å². The third-order valence-corrected chi connectivity index (χ3v) is 2.66. The Morgan fingerprint density at radius 1 is 1.38 bits per heavy atom. The summed E-state index contributed by atoms with van der Waals surface area (Å²) in [6.45, 7) is 2.65. The lowest BCUT2D eigenvalue weighted by Crippen LogP contribution is -2.41. The predicted molar refractivity (Wildman–Crippen MR) is 65.6 cm³/mol. The summed E-state index contributed by atoms with van der Waals surface area (Å²) in [6, 6.07) is 7.42. The van der Waals surface area contributed by atoms with Crippen LogP contribution in [0.15, 0.2) is 24.3 Å². The third-order valence-electron chi connectivity index (χ3n) is 2.66. The lowest BCUT2D eigenvalue weighted by molar-refractivity contribution is -0.123. The molecule has 0 fully saturated rings. The first kappa shape index (κ1) is 12.5. The van der Waals surface area contributed by atoms with Gasteiger partial charge in [0.1, 0.15) is 0 Å². The molecule has 0 heterocycles. The number of carbonyl (C=O) groups is 1. The van der Waals surface area contributed by atoms with E-state index in [0.717, 1.165) is 17.7 Å². The molecule has 4 heteroatoms. The van der Waals surface area contributed by atoms with Crippen molar-refractivity contribution in [3.63, 3.8) is 0 Å². The van der Waals surface area contributed by atoms with E-state index in [1.165, 1.54) is 0 Å². The van der Waals surface area contributed by atoms with Gasteiger partial charge in [0.15, 0.2) is 0 Å². The second kappa shape index (κ2) is 5.51. The molecular weight excluding hydrogens is 202 g/mol. The van der Waals surface area contributed by atoms with Gasteiger partial charge in [0.25, 0.3) is 0 Å². The summed E-state index contributed by atoms with van der Waals surface area (Å²) in [5, 5.41) is 0.